The molecule has 1 atom stereocenters. The lowest BCUT2D eigenvalue weighted by Gasteiger charge is -2.17. The summed E-state index contributed by atoms with van der Waals surface area (Å²) in [6, 6.07) is 11.1. The van der Waals surface area contributed by atoms with Gasteiger partial charge in [0.1, 0.15) is 17.6 Å². The number of halogens is 2. The first-order valence-corrected chi connectivity index (χ1v) is 10.3. The topological polar surface area (TPSA) is 52.7 Å². The number of nitrogens with zero attached hydrogens (tertiary/aromatic N) is 2. The summed E-state index contributed by atoms with van der Waals surface area (Å²) in [5.41, 5.74) is 2.35. The molecule has 7 heteroatoms. The Labute approximate surface area is 174 Å². The Morgan fingerprint density at radius 2 is 1.60 bits per heavy atom. The van der Waals surface area contributed by atoms with Gasteiger partial charge in [-0.05, 0) is 55.6 Å². The van der Waals surface area contributed by atoms with Crippen molar-refractivity contribution in [3.63, 3.8) is 0 Å². The largest absolute Gasteiger partial charge is 0.351 e. The van der Waals surface area contributed by atoms with Crippen LogP contribution < -0.4 is 10.2 Å². The van der Waals surface area contributed by atoms with Gasteiger partial charge in [-0.3, -0.25) is 14.5 Å². The minimum Gasteiger partial charge on any atom is -0.351 e. The molecule has 0 bridgehead atoms. The fraction of sp³-hybridized carbons (Fsp3) is 0.391. The van der Waals surface area contributed by atoms with E-state index < -0.39 is 23.5 Å². The molecule has 0 aliphatic carbocycles. The van der Waals surface area contributed by atoms with Gasteiger partial charge in [0.05, 0.1) is 0 Å². The Balaban J connectivity index is 1.31. The monoisotopic (exact) mass is 413 g/mol. The number of nitrogens with one attached hydrogen (secondary N) is 1. The van der Waals surface area contributed by atoms with Crippen LogP contribution in [0.25, 0.3) is 0 Å². The smallest absolute Gasteiger partial charge is 0.239 e. The summed E-state index contributed by atoms with van der Waals surface area (Å²) in [5.74, 6) is -3.14. The van der Waals surface area contributed by atoms with Crippen LogP contribution in [0.1, 0.15) is 30.4 Å². The predicted molar refractivity (Wildman–Crippen MR) is 110 cm³/mol. The van der Waals surface area contributed by atoms with E-state index in [1.54, 1.807) is 0 Å². The molecule has 1 N–H and O–H groups in total. The molecule has 2 saturated heterocycles. The normalized spacial score (nSPS) is 19.5. The van der Waals surface area contributed by atoms with Crippen LogP contribution in [0.3, 0.4) is 0 Å². The molecule has 0 aromatic heterocycles. The maximum absolute atomic E-state index is 13.5. The number of likely N-dealkylation sites (tertiary alicyclic amines) is 1. The van der Waals surface area contributed by atoms with E-state index in [4.69, 9.17) is 0 Å². The van der Waals surface area contributed by atoms with E-state index in [9.17, 15) is 18.4 Å². The van der Waals surface area contributed by atoms with Crippen molar-refractivity contribution in [2.24, 2.45) is 5.92 Å². The fourth-order valence-corrected chi connectivity index (χ4v) is 4.15. The van der Waals surface area contributed by atoms with Gasteiger partial charge in [0, 0.05) is 31.4 Å². The predicted octanol–water partition coefficient (Wildman–Crippen LogP) is 3.23. The molecule has 0 radical (unpaired) electrons. The maximum Gasteiger partial charge on any atom is 0.239 e. The van der Waals surface area contributed by atoms with Gasteiger partial charge < -0.3 is 10.2 Å². The second-order valence-corrected chi connectivity index (χ2v) is 7.98. The lowest BCUT2D eigenvalue weighted by molar-refractivity contribution is -0.132. The van der Waals surface area contributed by atoms with Gasteiger partial charge in [-0.15, -0.1) is 0 Å². The summed E-state index contributed by atoms with van der Waals surface area (Å²) in [6.07, 6.45) is 2.84. The molecular weight excluding hydrogens is 388 g/mol. The Morgan fingerprint density at radius 3 is 2.27 bits per heavy atom. The summed E-state index contributed by atoms with van der Waals surface area (Å²) in [7, 11) is 0. The summed E-state index contributed by atoms with van der Waals surface area (Å²) in [6.45, 7) is 3.82. The Morgan fingerprint density at radius 1 is 0.967 bits per heavy atom. The summed E-state index contributed by atoms with van der Waals surface area (Å²) in [4.78, 5) is 28.8. The van der Waals surface area contributed by atoms with Crippen molar-refractivity contribution >= 4 is 17.5 Å². The van der Waals surface area contributed by atoms with Gasteiger partial charge in [-0.2, -0.15) is 0 Å². The third-order valence-electron chi connectivity index (χ3n) is 5.78. The average molecular weight is 413 g/mol. The van der Waals surface area contributed by atoms with E-state index in [0.717, 1.165) is 43.4 Å². The van der Waals surface area contributed by atoms with Crippen LogP contribution in [-0.2, 0) is 22.7 Å². The molecule has 2 aromatic rings. The van der Waals surface area contributed by atoms with E-state index in [-0.39, 0.29) is 18.1 Å². The van der Waals surface area contributed by atoms with Gasteiger partial charge in [0.15, 0.2) is 0 Å². The molecule has 2 heterocycles. The lowest BCUT2D eigenvalue weighted by Crippen LogP contribution is -2.36. The zero-order valence-electron chi connectivity index (χ0n) is 16.7. The van der Waals surface area contributed by atoms with Crippen molar-refractivity contribution in [3.05, 3.63) is 65.2 Å². The highest BCUT2D eigenvalue weighted by molar-refractivity contribution is 6.09. The molecule has 2 aromatic carbocycles. The zero-order chi connectivity index (χ0) is 21.1. The molecule has 30 heavy (non-hydrogen) atoms. The van der Waals surface area contributed by atoms with E-state index in [2.05, 4.69) is 22.3 Å². The molecule has 5 nitrogen and oxygen atoms in total. The average Bonchev–Trinajstić information content (AvgIpc) is 3.36. The number of rotatable bonds is 6. The highest BCUT2D eigenvalue weighted by atomic mass is 19.1. The van der Waals surface area contributed by atoms with Gasteiger partial charge in [0.2, 0.25) is 11.8 Å². The molecule has 1 unspecified atom stereocenters. The quantitative estimate of drug-likeness (QED) is 0.740. The van der Waals surface area contributed by atoms with Crippen LogP contribution >= 0.6 is 0 Å². The summed E-state index contributed by atoms with van der Waals surface area (Å²) < 4.78 is 26.9. The molecule has 0 spiro atoms. The van der Waals surface area contributed by atoms with Crippen LogP contribution in [0, 0.1) is 17.6 Å². The molecular formula is C23H25F2N3O2. The first-order chi connectivity index (χ1) is 14.5. The van der Waals surface area contributed by atoms with Crippen molar-refractivity contribution < 1.29 is 18.4 Å². The number of carbonyl (C=O) groups excluding carboxylic acids is 2. The van der Waals surface area contributed by atoms with Crippen molar-refractivity contribution in [2.45, 2.75) is 32.4 Å². The maximum atomic E-state index is 13.5. The van der Waals surface area contributed by atoms with E-state index in [0.29, 0.717) is 13.0 Å². The van der Waals surface area contributed by atoms with Gasteiger partial charge in [0.25, 0.3) is 0 Å². The fourth-order valence-electron chi connectivity index (χ4n) is 4.15. The number of anilines is 1. The lowest BCUT2D eigenvalue weighted by atomic mass is 10.1. The van der Waals surface area contributed by atoms with E-state index in [1.807, 2.05) is 12.1 Å². The van der Waals surface area contributed by atoms with Crippen LogP contribution in [0.15, 0.2) is 42.5 Å². The minimum absolute atomic E-state index is 0.140. The standard InChI is InChI=1S/C23H25F2N3O2/c24-18-11-19(25)13-20(12-18)28-10-7-21(23(28)30)22(29)26-14-16-3-5-17(6-4-16)15-27-8-1-2-9-27/h3-6,11-13,21H,1-2,7-10,14-15H2,(H,26,29). The first-order valence-electron chi connectivity index (χ1n) is 10.3. The van der Waals surface area contributed by atoms with Crippen LogP contribution in [0.5, 0.6) is 0 Å². The molecule has 2 amide bonds. The number of hydrogen-bond donors (Lipinski definition) is 1. The first kappa shape index (κ1) is 20.5. The summed E-state index contributed by atoms with van der Waals surface area (Å²) in [5, 5.41) is 2.81. The summed E-state index contributed by atoms with van der Waals surface area (Å²) >= 11 is 0. The molecule has 2 aliphatic rings. The van der Waals surface area contributed by atoms with Crippen LogP contribution in [0.4, 0.5) is 14.5 Å². The molecule has 0 saturated carbocycles. The number of hydrogen-bond acceptors (Lipinski definition) is 3. The van der Waals surface area contributed by atoms with E-state index in [1.165, 1.54) is 23.3 Å². The van der Waals surface area contributed by atoms with Crippen molar-refractivity contribution in [2.75, 3.05) is 24.5 Å². The van der Waals surface area contributed by atoms with Crippen molar-refractivity contribution in [1.29, 1.82) is 0 Å². The van der Waals surface area contributed by atoms with Crippen LogP contribution in [0.2, 0.25) is 0 Å². The Kier molecular flexibility index (Phi) is 6.08. The van der Waals surface area contributed by atoms with Crippen molar-refractivity contribution in [3.8, 4) is 0 Å². The van der Waals surface area contributed by atoms with Gasteiger partial charge >= 0.3 is 0 Å². The number of benzene rings is 2. The third-order valence-corrected chi connectivity index (χ3v) is 5.78. The molecule has 2 aliphatic heterocycles. The SMILES string of the molecule is O=C(NCc1ccc(CN2CCCC2)cc1)C1CCN(c2cc(F)cc(F)c2)C1=O. The number of amides is 2. The molecule has 158 valence electrons. The minimum atomic E-state index is -0.842. The Bertz CT molecular complexity index is 906. The molecule has 2 fully saturated rings. The second kappa shape index (κ2) is 8.92. The Hall–Kier alpha value is -2.80. The van der Waals surface area contributed by atoms with Gasteiger partial charge in [-0.25, -0.2) is 8.78 Å². The number of carbonyl (C=O) groups is 2. The third kappa shape index (κ3) is 4.67. The zero-order valence-corrected chi connectivity index (χ0v) is 16.7. The van der Waals surface area contributed by atoms with Crippen molar-refractivity contribution in [1.82, 2.24) is 10.2 Å². The highest BCUT2D eigenvalue weighted by Gasteiger charge is 2.37. The highest BCUT2D eigenvalue weighted by Crippen LogP contribution is 2.27. The van der Waals surface area contributed by atoms with Crippen LogP contribution in [-0.4, -0.2) is 36.3 Å². The van der Waals surface area contributed by atoms with E-state index >= 15 is 0 Å². The molecule has 4 rings (SSSR count). The van der Waals surface area contributed by atoms with Gasteiger partial charge in [-0.1, -0.05) is 24.3 Å². The second-order valence-electron chi connectivity index (χ2n) is 7.98.